The highest BCUT2D eigenvalue weighted by molar-refractivity contribution is 5.41. The molecule has 0 aromatic heterocycles. The highest BCUT2D eigenvalue weighted by Gasteiger charge is 2.19. The first-order valence-corrected chi connectivity index (χ1v) is 5.50. The predicted octanol–water partition coefficient (Wildman–Crippen LogP) is 1.30. The summed E-state index contributed by atoms with van der Waals surface area (Å²) in [7, 11) is 0. The molecule has 1 fully saturated rings. The minimum Gasteiger partial charge on any atom is -0.399 e. The molecule has 0 bridgehead atoms. The van der Waals surface area contributed by atoms with Crippen molar-refractivity contribution in [1.82, 2.24) is 5.32 Å². The third kappa shape index (κ3) is 2.70. The van der Waals surface area contributed by atoms with Gasteiger partial charge < -0.3 is 16.2 Å². The SMILES string of the molecule is Nc1cccc(C(O)CC2CCNC2)c1. The summed E-state index contributed by atoms with van der Waals surface area (Å²) in [5.41, 5.74) is 7.33. The summed E-state index contributed by atoms with van der Waals surface area (Å²) in [5.74, 6) is 0.599. The summed E-state index contributed by atoms with van der Waals surface area (Å²) in [4.78, 5) is 0. The second kappa shape index (κ2) is 4.64. The van der Waals surface area contributed by atoms with Gasteiger partial charge in [0.2, 0.25) is 0 Å². The minimum atomic E-state index is -0.376. The van der Waals surface area contributed by atoms with Gasteiger partial charge in [-0.1, -0.05) is 12.1 Å². The Morgan fingerprint density at radius 1 is 1.53 bits per heavy atom. The van der Waals surface area contributed by atoms with Gasteiger partial charge in [0, 0.05) is 5.69 Å². The molecule has 82 valence electrons. The monoisotopic (exact) mass is 206 g/mol. The summed E-state index contributed by atoms with van der Waals surface area (Å²) in [5, 5.41) is 13.3. The zero-order chi connectivity index (χ0) is 10.7. The van der Waals surface area contributed by atoms with Crippen LogP contribution >= 0.6 is 0 Å². The fourth-order valence-corrected chi connectivity index (χ4v) is 2.13. The fourth-order valence-electron chi connectivity index (χ4n) is 2.13. The van der Waals surface area contributed by atoms with E-state index >= 15 is 0 Å². The molecule has 0 amide bonds. The molecule has 1 aromatic rings. The summed E-state index contributed by atoms with van der Waals surface area (Å²) < 4.78 is 0. The van der Waals surface area contributed by atoms with Gasteiger partial charge in [-0.3, -0.25) is 0 Å². The Morgan fingerprint density at radius 3 is 3.07 bits per heavy atom. The molecule has 2 unspecified atom stereocenters. The van der Waals surface area contributed by atoms with Crippen molar-refractivity contribution in [3.8, 4) is 0 Å². The van der Waals surface area contributed by atoms with Gasteiger partial charge in [-0.25, -0.2) is 0 Å². The van der Waals surface area contributed by atoms with Crippen molar-refractivity contribution >= 4 is 5.69 Å². The van der Waals surface area contributed by atoms with E-state index in [1.54, 1.807) is 0 Å². The molecule has 3 heteroatoms. The van der Waals surface area contributed by atoms with Crippen LogP contribution in [0.15, 0.2) is 24.3 Å². The Hall–Kier alpha value is -1.06. The number of hydrogen-bond donors (Lipinski definition) is 3. The van der Waals surface area contributed by atoms with Crippen molar-refractivity contribution in [3.05, 3.63) is 29.8 Å². The Labute approximate surface area is 90.3 Å². The van der Waals surface area contributed by atoms with E-state index in [1.807, 2.05) is 24.3 Å². The lowest BCUT2D eigenvalue weighted by molar-refractivity contribution is 0.147. The molecule has 0 spiro atoms. The van der Waals surface area contributed by atoms with E-state index in [2.05, 4.69) is 5.32 Å². The van der Waals surface area contributed by atoms with Gasteiger partial charge in [0.25, 0.3) is 0 Å². The average molecular weight is 206 g/mol. The van der Waals surface area contributed by atoms with E-state index in [0.717, 1.165) is 30.8 Å². The van der Waals surface area contributed by atoms with Gasteiger partial charge in [-0.05, 0) is 49.5 Å². The molecular weight excluding hydrogens is 188 g/mol. The van der Waals surface area contributed by atoms with E-state index in [0.29, 0.717) is 5.92 Å². The Kier molecular flexibility index (Phi) is 3.23. The van der Waals surface area contributed by atoms with Crippen LogP contribution in [0.3, 0.4) is 0 Å². The first-order chi connectivity index (χ1) is 7.25. The lowest BCUT2D eigenvalue weighted by atomic mass is 9.96. The van der Waals surface area contributed by atoms with Crippen molar-refractivity contribution in [2.24, 2.45) is 5.92 Å². The molecule has 0 radical (unpaired) electrons. The van der Waals surface area contributed by atoms with E-state index in [-0.39, 0.29) is 6.10 Å². The summed E-state index contributed by atoms with van der Waals surface area (Å²) in [6.45, 7) is 2.10. The zero-order valence-electron chi connectivity index (χ0n) is 8.82. The van der Waals surface area contributed by atoms with Crippen LogP contribution in [0.4, 0.5) is 5.69 Å². The molecular formula is C12H18N2O. The second-order valence-electron chi connectivity index (χ2n) is 4.28. The van der Waals surface area contributed by atoms with Crippen molar-refractivity contribution in [2.75, 3.05) is 18.8 Å². The number of aliphatic hydroxyl groups excluding tert-OH is 1. The zero-order valence-corrected chi connectivity index (χ0v) is 8.82. The molecule has 1 saturated heterocycles. The number of nitrogen functional groups attached to an aromatic ring is 1. The van der Waals surface area contributed by atoms with Crippen LogP contribution in [0.25, 0.3) is 0 Å². The number of nitrogens with one attached hydrogen (secondary N) is 1. The van der Waals surface area contributed by atoms with Crippen LogP contribution in [0.2, 0.25) is 0 Å². The average Bonchev–Trinajstić information content (AvgIpc) is 2.70. The lowest BCUT2D eigenvalue weighted by Crippen LogP contribution is -2.12. The highest BCUT2D eigenvalue weighted by atomic mass is 16.3. The van der Waals surface area contributed by atoms with E-state index in [1.165, 1.54) is 6.42 Å². The summed E-state index contributed by atoms with van der Waals surface area (Å²) in [6.07, 6.45) is 1.62. The van der Waals surface area contributed by atoms with Crippen molar-refractivity contribution in [2.45, 2.75) is 18.9 Å². The van der Waals surface area contributed by atoms with E-state index in [4.69, 9.17) is 5.73 Å². The van der Waals surface area contributed by atoms with E-state index < -0.39 is 0 Å². The first-order valence-electron chi connectivity index (χ1n) is 5.50. The van der Waals surface area contributed by atoms with Crippen LogP contribution in [0, 0.1) is 5.92 Å². The highest BCUT2D eigenvalue weighted by Crippen LogP contribution is 2.25. The number of hydrogen-bond acceptors (Lipinski definition) is 3. The maximum atomic E-state index is 10.0. The van der Waals surface area contributed by atoms with E-state index in [9.17, 15) is 5.11 Å². The largest absolute Gasteiger partial charge is 0.399 e. The molecule has 1 aliphatic heterocycles. The normalized spacial score (nSPS) is 22.9. The second-order valence-corrected chi connectivity index (χ2v) is 4.28. The first kappa shape index (κ1) is 10.5. The molecule has 0 aliphatic carbocycles. The third-order valence-corrected chi connectivity index (χ3v) is 3.01. The number of nitrogens with two attached hydrogens (primary N) is 1. The molecule has 2 rings (SSSR count). The third-order valence-electron chi connectivity index (χ3n) is 3.01. The summed E-state index contributed by atoms with van der Waals surface area (Å²) >= 11 is 0. The van der Waals surface area contributed by atoms with Gasteiger partial charge >= 0.3 is 0 Å². The quantitative estimate of drug-likeness (QED) is 0.653. The number of benzene rings is 1. The Morgan fingerprint density at radius 2 is 2.40 bits per heavy atom. The Bertz CT molecular complexity index is 321. The Balaban J connectivity index is 1.97. The standard InChI is InChI=1S/C12H18N2O/c13-11-3-1-2-10(7-11)12(15)6-9-4-5-14-8-9/h1-3,7,9,12,14-15H,4-6,8,13H2. The molecule has 1 aliphatic rings. The van der Waals surface area contributed by atoms with Crippen molar-refractivity contribution in [3.63, 3.8) is 0 Å². The van der Waals surface area contributed by atoms with Crippen molar-refractivity contribution in [1.29, 1.82) is 0 Å². The fraction of sp³-hybridized carbons (Fsp3) is 0.500. The van der Waals surface area contributed by atoms with Crippen LogP contribution in [0.1, 0.15) is 24.5 Å². The lowest BCUT2D eigenvalue weighted by Gasteiger charge is -2.15. The maximum absolute atomic E-state index is 10.0. The molecule has 0 saturated carbocycles. The van der Waals surface area contributed by atoms with Crippen LogP contribution in [0.5, 0.6) is 0 Å². The predicted molar refractivity (Wildman–Crippen MR) is 61.4 cm³/mol. The van der Waals surface area contributed by atoms with Gasteiger partial charge in [0.05, 0.1) is 6.10 Å². The summed E-state index contributed by atoms with van der Waals surface area (Å²) in [6, 6.07) is 7.52. The maximum Gasteiger partial charge on any atom is 0.0793 e. The number of aliphatic hydroxyl groups is 1. The van der Waals surface area contributed by atoms with Crippen LogP contribution < -0.4 is 11.1 Å². The number of rotatable bonds is 3. The van der Waals surface area contributed by atoms with Gasteiger partial charge in [-0.2, -0.15) is 0 Å². The topological polar surface area (TPSA) is 58.3 Å². The van der Waals surface area contributed by atoms with Gasteiger partial charge in [0.1, 0.15) is 0 Å². The molecule has 1 aromatic carbocycles. The van der Waals surface area contributed by atoms with Gasteiger partial charge in [-0.15, -0.1) is 0 Å². The molecule has 15 heavy (non-hydrogen) atoms. The van der Waals surface area contributed by atoms with Gasteiger partial charge in [0.15, 0.2) is 0 Å². The minimum absolute atomic E-state index is 0.376. The van der Waals surface area contributed by atoms with Crippen LogP contribution in [-0.2, 0) is 0 Å². The molecule has 1 heterocycles. The molecule has 2 atom stereocenters. The molecule has 3 nitrogen and oxygen atoms in total. The van der Waals surface area contributed by atoms with Crippen molar-refractivity contribution < 1.29 is 5.11 Å². The number of anilines is 1. The smallest absolute Gasteiger partial charge is 0.0793 e. The molecule has 4 N–H and O–H groups in total. The van der Waals surface area contributed by atoms with Crippen LogP contribution in [-0.4, -0.2) is 18.2 Å².